The highest BCUT2D eigenvalue weighted by atomic mass is 16.5. The maximum Gasteiger partial charge on any atom is 0.295 e. The number of likely N-dealkylation sites (tertiary alicyclic amines) is 1. The number of carbonyl (C=O) groups is 2. The Labute approximate surface area is 170 Å². The molecular weight excluding hydrogens is 370 g/mol. The number of nitrogens with zero attached hydrogens (tertiary/aromatic N) is 3. The second kappa shape index (κ2) is 8.87. The maximum absolute atomic E-state index is 12.9. The summed E-state index contributed by atoms with van der Waals surface area (Å²) >= 11 is 0. The topological polar surface area (TPSA) is 83.0 Å². The highest BCUT2D eigenvalue weighted by molar-refractivity contribution is 6.46. The van der Waals surface area contributed by atoms with Crippen molar-refractivity contribution in [3.8, 4) is 5.75 Å². The number of likely N-dealkylation sites (N-methyl/N-ethyl adjacent to an activating group) is 1. The summed E-state index contributed by atoms with van der Waals surface area (Å²) in [5.41, 5.74) is 0.997. The van der Waals surface area contributed by atoms with E-state index in [0.717, 1.165) is 0 Å². The first-order valence-corrected chi connectivity index (χ1v) is 9.51. The van der Waals surface area contributed by atoms with Crippen molar-refractivity contribution in [3.05, 3.63) is 65.5 Å². The number of pyridine rings is 1. The molecule has 0 spiro atoms. The molecule has 2 heterocycles. The van der Waals surface area contributed by atoms with Gasteiger partial charge in [0.15, 0.2) is 0 Å². The van der Waals surface area contributed by atoms with Gasteiger partial charge in [-0.3, -0.25) is 14.6 Å². The van der Waals surface area contributed by atoms with Crippen LogP contribution in [0.1, 0.15) is 24.2 Å². The summed E-state index contributed by atoms with van der Waals surface area (Å²) in [4.78, 5) is 33.4. The number of hydrogen-bond acceptors (Lipinski definition) is 6. The van der Waals surface area contributed by atoms with Crippen LogP contribution in [-0.4, -0.2) is 65.4 Å². The number of carbonyl (C=O) groups excluding carboxylic acids is 2. The first-order valence-electron chi connectivity index (χ1n) is 9.51. The van der Waals surface area contributed by atoms with Gasteiger partial charge in [0.2, 0.25) is 0 Å². The van der Waals surface area contributed by atoms with Crippen LogP contribution in [0.3, 0.4) is 0 Å². The Morgan fingerprint density at radius 3 is 2.66 bits per heavy atom. The fourth-order valence-electron chi connectivity index (χ4n) is 3.32. The second-order valence-electron chi connectivity index (χ2n) is 7.01. The van der Waals surface area contributed by atoms with Crippen LogP contribution < -0.4 is 4.74 Å². The van der Waals surface area contributed by atoms with Crippen molar-refractivity contribution >= 4 is 17.4 Å². The SMILES string of the molecule is CCOc1cccc(/C(O)=C2/C(=O)C(=O)N(CCN(C)C)C2c2ccccn2)c1. The molecule has 1 unspecified atom stereocenters. The number of amides is 1. The van der Waals surface area contributed by atoms with Gasteiger partial charge in [-0.1, -0.05) is 18.2 Å². The highest BCUT2D eigenvalue weighted by Crippen LogP contribution is 2.38. The fraction of sp³-hybridized carbons (Fsp3) is 0.318. The van der Waals surface area contributed by atoms with E-state index in [4.69, 9.17) is 4.74 Å². The molecule has 1 aromatic heterocycles. The molecule has 0 aliphatic carbocycles. The first-order chi connectivity index (χ1) is 13.9. The van der Waals surface area contributed by atoms with Crippen LogP contribution in [0.4, 0.5) is 0 Å². The summed E-state index contributed by atoms with van der Waals surface area (Å²) < 4.78 is 5.49. The molecule has 2 aromatic rings. The molecule has 1 fully saturated rings. The Morgan fingerprint density at radius 2 is 2.00 bits per heavy atom. The number of hydrogen-bond donors (Lipinski definition) is 1. The van der Waals surface area contributed by atoms with Crippen LogP contribution in [0.25, 0.3) is 5.76 Å². The van der Waals surface area contributed by atoms with Gasteiger partial charge in [0.05, 0.1) is 17.9 Å². The van der Waals surface area contributed by atoms with E-state index in [2.05, 4.69) is 4.98 Å². The van der Waals surface area contributed by atoms with Crippen LogP contribution in [0.2, 0.25) is 0 Å². The largest absolute Gasteiger partial charge is 0.507 e. The molecule has 1 amide bonds. The molecule has 0 saturated carbocycles. The number of aliphatic hydroxyl groups is 1. The number of benzene rings is 1. The lowest BCUT2D eigenvalue weighted by atomic mass is 9.98. The minimum Gasteiger partial charge on any atom is -0.507 e. The van der Waals surface area contributed by atoms with Gasteiger partial charge in [-0.25, -0.2) is 0 Å². The lowest BCUT2D eigenvalue weighted by Gasteiger charge is -2.25. The van der Waals surface area contributed by atoms with E-state index in [0.29, 0.717) is 36.7 Å². The predicted molar refractivity (Wildman–Crippen MR) is 109 cm³/mol. The Balaban J connectivity index is 2.11. The summed E-state index contributed by atoms with van der Waals surface area (Å²) in [7, 11) is 3.79. The van der Waals surface area contributed by atoms with E-state index in [1.165, 1.54) is 4.90 Å². The van der Waals surface area contributed by atoms with E-state index >= 15 is 0 Å². The Morgan fingerprint density at radius 1 is 1.21 bits per heavy atom. The Kier molecular flexibility index (Phi) is 6.29. The van der Waals surface area contributed by atoms with Crippen LogP contribution in [0.15, 0.2) is 54.2 Å². The molecule has 7 nitrogen and oxygen atoms in total. The van der Waals surface area contributed by atoms with Gasteiger partial charge in [0, 0.05) is 24.8 Å². The van der Waals surface area contributed by atoms with Gasteiger partial charge < -0.3 is 19.6 Å². The van der Waals surface area contributed by atoms with E-state index < -0.39 is 17.7 Å². The zero-order valence-corrected chi connectivity index (χ0v) is 16.8. The van der Waals surface area contributed by atoms with Gasteiger partial charge in [-0.05, 0) is 45.3 Å². The van der Waals surface area contributed by atoms with Crippen LogP contribution >= 0.6 is 0 Å². The Bertz CT molecular complexity index is 925. The second-order valence-corrected chi connectivity index (χ2v) is 7.01. The molecule has 7 heteroatoms. The highest BCUT2D eigenvalue weighted by Gasteiger charge is 2.46. The van der Waals surface area contributed by atoms with Gasteiger partial charge in [-0.15, -0.1) is 0 Å². The third kappa shape index (κ3) is 4.30. The maximum atomic E-state index is 12.9. The molecule has 29 heavy (non-hydrogen) atoms. The molecule has 1 aliphatic heterocycles. The van der Waals surface area contributed by atoms with Gasteiger partial charge in [0.25, 0.3) is 11.7 Å². The van der Waals surface area contributed by atoms with Crippen molar-refractivity contribution in [3.63, 3.8) is 0 Å². The monoisotopic (exact) mass is 395 g/mol. The smallest absolute Gasteiger partial charge is 0.295 e. The van der Waals surface area contributed by atoms with E-state index in [9.17, 15) is 14.7 Å². The number of aliphatic hydroxyl groups excluding tert-OH is 1. The minimum atomic E-state index is -0.744. The first kappa shape index (κ1) is 20.5. The average Bonchev–Trinajstić information content (AvgIpc) is 2.97. The number of ether oxygens (including phenoxy) is 1. The number of Topliss-reactive ketones (excluding diaryl/α,β-unsaturated/α-hetero) is 1. The van der Waals surface area contributed by atoms with Gasteiger partial charge in [0.1, 0.15) is 17.6 Å². The van der Waals surface area contributed by atoms with Gasteiger partial charge >= 0.3 is 0 Å². The third-order valence-electron chi connectivity index (χ3n) is 4.71. The molecule has 1 aromatic carbocycles. The van der Waals surface area contributed by atoms with Crippen molar-refractivity contribution in [2.24, 2.45) is 0 Å². The summed E-state index contributed by atoms with van der Waals surface area (Å²) in [5.74, 6) is -0.996. The van der Waals surface area contributed by atoms with Crippen molar-refractivity contribution in [1.29, 1.82) is 0 Å². The minimum absolute atomic E-state index is 0.0427. The van der Waals surface area contributed by atoms with Crippen molar-refractivity contribution < 1.29 is 19.4 Å². The molecule has 1 aliphatic rings. The van der Waals surface area contributed by atoms with Crippen molar-refractivity contribution in [1.82, 2.24) is 14.8 Å². The van der Waals surface area contributed by atoms with Crippen LogP contribution in [-0.2, 0) is 9.59 Å². The van der Waals surface area contributed by atoms with Crippen molar-refractivity contribution in [2.75, 3.05) is 33.8 Å². The average molecular weight is 395 g/mol. The zero-order chi connectivity index (χ0) is 21.0. The fourth-order valence-corrected chi connectivity index (χ4v) is 3.32. The Hall–Kier alpha value is -3.19. The normalized spacial score (nSPS) is 18.5. The van der Waals surface area contributed by atoms with Crippen molar-refractivity contribution in [2.45, 2.75) is 13.0 Å². The number of aromatic nitrogens is 1. The molecule has 3 rings (SSSR count). The number of rotatable bonds is 7. The summed E-state index contributed by atoms with van der Waals surface area (Å²) in [6.45, 7) is 3.27. The van der Waals surface area contributed by atoms with E-state index in [-0.39, 0.29) is 11.3 Å². The molecule has 152 valence electrons. The number of ketones is 1. The van der Waals surface area contributed by atoms with Crippen LogP contribution in [0.5, 0.6) is 5.75 Å². The lowest BCUT2D eigenvalue weighted by Crippen LogP contribution is -2.35. The quantitative estimate of drug-likeness (QED) is 0.441. The van der Waals surface area contributed by atoms with Crippen LogP contribution in [0, 0.1) is 0 Å². The van der Waals surface area contributed by atoms with E-state index in [1.54, 1.807) is 48.7 Å². The lowest BCUT2D eigenvalue weighted by molar-refractivity contribution is -0.140. The summed E-state index contributed by atoms with van der Waals surface area (Å²) in [6.07, 6.45) is 1.61. The van der Waals surface area contributed by atoms with E-state index in [1.807, 2.05) is 25.9 Å². The standard InChI is InChI=1S/C22H25N3O4/c1-4-29-16-9-7-8-15(14-16)20(26)18-19(17-10-5-6-11-23-17)25(13-12-24(2)3)22(28)21(18)27/h5-11,14,19,26H,4,12-13H2,1-3H3/b20-18-. The summed E-state index contributed by atoms with van der Waals surface area (Å²) in [6, 6.07) is 11.4. The molecule has 1 saturated heterocycles. The zero-order valence-electron chi connectivity index (χ0n) is 16.8. The molecule has 1 atom stereocenters. The third-order valence-corrected chi connectivity index (χ3v) is 4.71. The molecule has 0 bridgehead atoms. The van der Waals surface area contributed by atoms with Gasteiger partial charge in [-0.2, -0.15) is 0 Å². The molecule has 0 radical (unpaired) electrons. The predicted octanol–water partition coefficient (Wildman–Crippen LogP) is 2.46. The molecule has 1 N–H and O–H groups in total. The molecular formula is C22H25N3O4. The summed E-state index contributed by atoms with van der Waals surface area (Å²) in [5, 5.41) is 11.0.